The minimum atomic E-state index is -0.902. The Labute approximate surface area is 187 Å². The Morgan fingerprint density at radius 2 is 1.91 bits per heavy atom. The first kappa shape index (κ1) is 21.7. The molecule has 5 unspecified atom stereocenters. The Morgan fingerprint density at radius 3 is 2.62 bits per heavy atom. The molecule has 4 saturated heterocycles. The number of benzene rings is 1. The largest absolute Gasteiger partial charge is 0.508 e. The van der Waals surface area contributed by atoms with E-state index in [1.165, 1.54) is 19.2 Å². The average molecular weight is 446 g/mol. The number of carbonyl (C=O) groups is 1. The van der Waals surface area contributed by atoms with E-state index in [4.69, 9.17) is 29.0 Å². The van der Waals surface area contributed by atoms with Gasteiger partial charge in [-0.1, -0.05) is 26.0 Å². The molecule has 6 rings (SSSR count). The predicted octanol–water partition coefficient (Wildman–Crippen LogP) is 3.89. The highest BCUT2D eigenvalue weighted by atomic mass is 17.3. The summed E-state index contributed by atoms with van der Waals surface area (Å²) in [4.78, 5) is 29.4. The first-order chi connectivity index (χ1) is 15.3. The third-order valence-electron chi connectivity index (χ3n) is 7.89. The van der Waals surface area contributed by atoms with Gasteiger partial charge in [-0.2, -0.15) is 0 Å². The van der Waals surface area contributed by atoms with Crippen molar-refractivity contribution in [3.8, 4) is 5.75 Å². The fraction of sp³-hybridized carbons (Fsp3) is 0.667. The second kappa shape index (κ2) is 7.71. The molecule has 0 radical (unpaired) electrons. The summed E-state index contributed by atoms with van der Waals surface area (Å²) in [6.45, 7) is 6.21. The van der Waals surface area contributed by atoms with Crippen molar-refractivity contribution in [1.82, 2.24) is 0 Å². The van der Waals surface area contributed by atoms with E-state index in [1.54, 1.807) is 12.1 Å². The van der Waals surface area contributed by atoms with Crippen molar-refractivity contribution in [1.29, 1.82) is 0 Å². The van der Waals surface area contributed by atoms with Crippen LogP contribution in [0.25, 0.3) is 0 Å². The third-order valence-corrected chi connectivity index (χ3v) is 7.89. The van der Waals surface area contributed by atoms with E-state index in [2.05, 4.69) is 13.8 Å². The molecule has 8 nitrogen and oxygen atoms in total. The first-order valence-electron chi connectivity index (χ1n) is 11.4. The number of phenols is 1. The summed E-state index contributed by atoms with van der Waals surface area (Å²) in [6, 6.07) is 5.48. The van der Waals surface area contributed by atoms with Crippen molar-refractivity contribution >= 4 is 11.9 Å². The molecule has 8 heteroatoms. The van der Waals surface area contributed by atoms with Gasteiger partial charge >= 0.3 is 5.97 Å². The molecule has 2 bridgehead atoms. The van der Waals surface area contributed by atoms with Crippen LogP contribution < -0.4 is 0 Å². The van der Waals surface area contributed by atoms with E-state index < -0.39 is 29.7 Å². The Balaban J connectivity index is 1.55. The Kier molecular flexibility index (Phi) is 5.22. The molecule has 174 valence electrons. The highest BCUT2D eigenvalue weighted by Gasteiger charge is 2.69. The number of aromatic hydroxyl groups is 1. The first-order valence-corrected chi connectivity index (χ1v) is 11.4. The fourth-order valence-electron chi connectivity index (χ4n) is 6.08. The molecule has 5 fully saturated rings. The lowest BCUT2D eigenvalue weighted by atomic mass is 9.58. The lowest BCUT2D eigenvalue weighted by Gasteiger charge is -2.58. The predicted molar refractivity (Wildman–Crippen MR) is 113 cm³/mol. The monoisotopic (exact) mass is 445 g/mol. The van der Waals surface area contributed by atoms with Gasteiger partial charge in [0.05, 0.1) is 7.11 Å². The van der Waals surface area contributed by atoms with Gasteiger partial charge < -0.3 is 19.3 Å². The van der Waals surface area contributed by atoms with Crippen LogP contribution >= 0.6 is 0 Å². The van der Waals surface area contributed by atoms with E-state index in [1.807, 2.05) is 6.92 Å². The molecular formula is C24H31NO7. The van der Waals surface area contributed by atoms with Gasteiger partial charge in [-0.3, -0.25) is 0 Å². The SMILES string of the molecule is COC(=O)C(N=C1OC2O[C@@]3(C)CCC4[C@@H](C)CCC([C@@H]1C)C24OO3)c1ccc(O)cc1. The molecule has 1 N–H and O–H groups in total. The van der Waals surface area contributed by atoms with Crippen molar-refractivity contribution in [2.45, 2.75) is 70.2 Å². The summed E-state index contributed by atoms with van der Waals surface area (Å²) in [5.41, 5.74) is -0.0750. The standard InChI is InChI=1S/C24H31NO7/c1-13-5-10-18-14(2)20(25-19(21(27)28-4)15-6-8-16(26)9-7-15)29-22-24(18)17(13)11-12-23(3,30-22)31-32-24/h6-9,13-14,17-19,22,26H,5,10-12H2,1-4H3/t13-,14-,17?,18?,19?,22?,23+,24?/m0/s1. The van der Waals surface area contributed by atoms with Crippen LogP contribution in [-0.2, 0) is 28.8 Å². The number of rotatable bonds is 3. The summed E-state index contributed by atoms with van der Waals surface area (Å²) in [7, 11) is 1.34. The Hall–Kier alpha value is -2.16. The van der Waals surface area contributed by atoms with Crippen LogP contribution in [0.15, 0.2) is 29.3 Å². The Morgan fingerprint density at radius 1 is 1.16 bits per heavy atom. The van der Waals surface area contributed by atoms with E-state index in [9.17, 15) is 9.90 Å². The fourth-order valence-corrected chi connectivity index (χ4v) is 6.08. The van der Waals surface area contributed by atoms with Crippen LogP contribution in [0.4, 0.5) is 0 Å². The van der Waals surface area contributed by atoms with Gasteiger partial charge in [0.25, 0.3) is 0 Å². The van der Waals surface area contributed by atoms with E-state index in [0.29, 0.717) is 17.4 Å². The highest BCUT2D eigenvalue weighted by Crippen LogP contribution is 2.60. The van der Waals surface area contributed by atoms with Gasteiger partial charge in [0.2, 0.25) is 12.1 Å². The lowest BCUT2D eigenvalue weighted by Crippen LogP contribution is -2.69. The number of esters is 1. The van der Waals surface area contributed by atoms with Crippen molar-refractivity contribution in [2.24, 2.45) is 28.7 Å². The summed E-state index contributed by atoms with van der Waals surface area (Å²) < 4.78 is 17.8. The quantitative estimate of drug-likeness (QED) is 0.557. The highest BCUT2D eigenvalue weighted by molar-refractivity contribution is 5.85. The molecule has 0 aromatic heterocycles. The maximum Gasteiger partial charge on any atom is 0.335 e. The zero-order valence-electron chi connectivity index (χ0n) is 18.9. The average Bonchev–Trinajstić information content (AvgIpc) is 3.01. The van der Waals surface area contributed by atoms with Crippen molar-refractivity contribution < 1.29 is 33.9 Å². The van der Waals surface area contributed by atoms with Crippen molar-refractivity contribution in [3.05, 3.63) is 29.8 Å². The van der Waals surface area contributed by atoms with Crippen molar-refractivity contribution in [2.75, 3.05) is 7.11 Å². The number of ether oxygens (including phenoxy) is 3. The second-order valence-electron chi connectivity index (χ2n) is 9.80. The molecule has 1 aromatic carbocycles. The maximum absolute atomic E-state index is 12.6. The van der Waals surface area contributed by atoms with Gasteiger partial charge in [0.1, 0.15) is 5.75 Å². The third kappa shape index (κ3) is 3.23. The molecule has 32 heavy (non-hydrogen) atoms. The zero-order chi connectivity index (χ0) is 22.7. The minimum Gasteiger partial charge on any atom is -0.508 e. The number of fused-ring (bicyclic) bond motifs is 2. The molecule has 8 atom stereocenters. The summed E-state index contributed by atoms with van der Waals surface area (Å²) in [6.07, 6.45) is 3.04. The van der Waals surface area contributed by atoms with Crippen LogP contribution in [0.5, 0.6) is 5.75 Å². The molecule has 0 amide bonds. The number of methoxy groups -OCH3 is 1. The van der Waals surface area contributed by atoms with E-state index in [-0.39, 0.29) is 23.5 Å². The maximum atomic E-state index is 12.6. The van der Waals surface area contributed by atoms with E-state index >= 15 is 0 Å². The number of hydrogen-bond donors (Lipinski definition) is 1. The smallest absolute Gasteiger partial charge is 0.335 e. The lowest BCUT2D eigenvalue weighted by molar-refractivity contribution is -0.557. The molecule has 1 aromatic rings. The van der Waals surface area contributed by atoms with Gasteiger partial charge in [-0.25, -0.2) is 19.6 Å². The van der Waals surface area contributed by atoms with Gasteiger partial charge in [0, 0.05) is 24.2 Å². The van der Waals surface area contributed by atoms with Crippen LogP contribution in [0.3, 0.4) is 0 Å². The number of nitrogens with zero attached hydrogens (tertiary/aromatic N) is 1. The normalized spacial score (nSPS) is 42.5. The zero-order valence-corrected chi connectivity index (χ0v) is 18.9. The number of aliphatic imine (C=N–C) groups is 1. The molecule has 4 aliphatic heterocycles. The number of hydrogen-bond acceptors (Lipinski definition) is 8. The Bertz CT molecular complexity index is 917. The van der Waals surface area contributed by atoms with E-state index in [0.717, 1.165) is 25.7 Å². The minimum absolute atomic E-state index is 0.0852. The molecule has 1 aliphatic carbocycles. The molecule has 5 aliphatic rings. The number of phenolic OH excluding ortho intramolecular Hbond substituents is 1. The molecule has 1 spiro atoms. The topological polar surface area (TPSA) is 95.8 Å². The van der Waals surface area contributed by atoms with Gasteiger partial charge in [0.15, 0.2) is 17.5 Å². The van der Waals surface area contributed by atoms with Crippen LogP contribution in [0.2, 0.25) is 0 Å². The second-order valence-corrected chi connectivity index (χ2v) is 9.80. The van der Waals surface area contributed by atoms with Crippen molar-refractivity contribution in [3.63, 3.8) is 0 Å². The molecular weight excluding hydrogens is 414 g/mol. The number of carbonyl (C=O) groups excluding carboxylic acids is 1. The molecule has 4 heterocycles. The molecule has 1 saturated carbocycles. The van der Waals surface area contributed by atoms with Crippen LogP contribution in [0, 0.1) is 23.7 Å². The summed E-state index contributed by atoms with van der Waals surface area (Å²) in [5.74, 6) is -0.0795. The summed E-state index contributed by atoms with van der Waals surface area (Å²) in [5, 5.41) is 9.64. The van der Waals surface area contributed by atoms with Crippen LogP contribution in [-0.4, -0.2) is 41.8 Å². The van der Waals surface area contributed by atoms with Gasteiger partial charge in [-0.05, 0) is 49.8 Å². The summed E-state index contributed by atoms with van der Waals surface area (Å²) >= 11 is 0. The van der Waals surface area contributed by atoms with Gasteiger partial charge in [-0.15, -0.1) is 0 Å². The van der Waals surface area contributed by atoms with Crippen LogP contribution in [0.1, 0.15) is 58.1 Å².